The highest BCUT2D eigenvalue weighted by Crippen LogP contribution is 2.28. The average molecular weight is 392 g/mol. The van der Waals surface area contributed by atoms with Crippen LogP contribution in [0.4, 0.5) is 0 Å². The molecule has 0 spiro atoms. The number of carboxylic acids is 1. The number of hydrogen-bond donors (Lipinski definition) is 2. The molecule has 0 radical (unpaired) electrons. The van der Waals surface area contributed by atoms with E-state index in [1.807, 2.05) is 30.0 Å². The number of rotatable bonds is 7. The van der Waals surface area contributed by atoms with Crippen LogP contribution in [0.15, 0.2) is 45.9 Å². The van der Waals surface area contributed by atoms with Gasteiger partial charge in [-0.15, -0.1) is 11.8 Å². The van der Waals surface area contributed by atoms with Gasteiger partial charge >= 0.3 is 5.97 Å². The lowest BCUT2D eigenvalue weighted by Crippen LogP contribution is -2.31. The van der Waals surface area contributed by atoms with E-state index in [1.54, 1.807) is 6.07 Å². The number of thioether (sulfide) groups is 2. The summed E-state index contributed by atoms with van der Waals surface area (Å²) in [7, 11) is 0. The molecule has 1 aromatic heterocycles. The number of carbonyl (C=O) groups excluding carboxylic acids is 1. The van der Waals surface area contributed by atoms with Gasteiger partial charge in [-0.25, -0.2) is 4.79 Å². The van der Waals surface area contributed by atoms with Crippen LogP contribution >= 0.6 is 23.5 Å². The quantitative estimate of drug-likeness (QED) is 0.691. The minimum absolute atomic E-state index is 0.0794. The minimum Gasteiger partial charge on any atom is -0.478 e. The highest BCUT2D eigenvalue weighted by Gasteiger charge is 2.18. The van der Waals surface area contributed by atoms with Gasteiger partial charge < -0.3 is 14.8 Å². The fourth-order valence-electron chi connectivity index (χ4n) is 2.85. The van der Waals surface area contributed by atoms with E-state index < -0.39 is 5.97 Å². The summed E-state index contributed by atoms with van der Waals surface area (Å²) in [6.45, 7) is 0.708. The molecule has 0 atom stereocenters. The van der Waals surface area contributed by atoms with Gasteiger partial charge in [-0.2, -0.15) is 11.8 Å². The molecular formula is C19H21NO4S2. The Labute approximate surface area is 160 Å². The molecule has 138 valence electrons. The van der Waals surface area contributed by atoms with Gasteiger partial charge in [-0.3, -0.25) is 4.79 Å². The number of carboxylic acid groups (broad SMARTS) is 1. The third-order valence-electron chi connectivity index (χ3n) is 4.36. The van der Waals surface area contributed by atoms with E-state index in [1.165, 1.54) is 35.6 Å². The lowest BCUT2D eigenvalue weighted by molar-refractivity contribution is 0.0694. The highest BCUT2D eigenvalue weighted by molar-refractivity contribution is 7.99. The van der Waals surface area contributed by atoms with Crippen molar-refractivity contribution in [3.8, 4) is 0 Å². The molecule has 0 unspecified atom stereocenters. The molecule has 2 N–H and O–H groups in total. The number of benzene rings is 1. The average Bonchev–Trinajstić information content (AvgIpc) is 3.14. The Bertz CT molecular complexity index is 768. The third-order valence-corrected chi connectivity index (χ3v) is 6.48. The maximum absolute atomic E-state index is 12.6. The van der Waals surface area contributed by atoms with Gasteiger partial charge in [0.05, 0.1) is 17.6 Å². The van der Waals surface area contributed by atoms with Gasteiger partial charge in [0.2, 0.25) is 0 Å². The zero-order chi connectivity index (χ0) is 18.4. The first-order valence-corrected chi connectivity index (χ1v) is 10.7. The number of nitrogens with one attached hydrogen (secondary N) is 1. The van der Waals surface area contributed by atoms with Crippen molar-refractivity contribution < 1.29 is 19.1 Å². The normalized spacial score (nSPS) is 14.9. The van der Waals surface area contributed by atoms with Crippen LogP contribution in [0.2, 0.25) is 0 Å². The Morgan fingerprint density at radius 3 is 2.73 bits per heavy atom. The van der Waals surface area contributed by atoms with E-state index in [2.05, 4.69) is 5.32 Å². The van der Waals surface area contributed by atoms with Gasteiger partial charge in [0.25, 0.3) is 5.91 Å². The fraction of sp³-hybridized carbons (Fsp3) is 0.368. The minimum atomic E-state index is -1.01. The molecule has 7 heteroatoms. The van der Waals surface area contributed by atoms with Crippen molar-refractivity contribution in [1.29, 1.82) is 0 Å². The summed E-state index contributed by atoms with van der Waals surface area (Å²) in [5, 5.41) is 12.2. The van der Waals surface area contributed by atoms with E-state index in [4.69, 9.17) is 9.52 Å². The van der Waals surface area contributed by atoms with E-state index in [-0.39, 0.29) is 11.5 Å². The molecule has 0 saturated carbocycles. The lowest BCUT2D eigenvalue weighted by atomic mass is 10.0. The monoisotopic (exact) mass is 391 g/mol. The van der Waals surface area contributed by atoms with Crippen molar-refractivity contribution >= 4 is 35.4 Å². The molecule has 5 nitrogen and oxygen atoms in total. The Hall–Kier alpha value is -1.86. The third kappa shape index (κ3) is 4.86. The maximum atomic E-state index is 12.6. The molecule has 1 aliphatic rings. The second-order valence-corrected chi connectivity index (χ2v) is 8.36. The van der Waals surface area contributed by atoms with Crippen LogP contribution in [0, 0.1) is 5.92 Å². The van der Waals surface area contributed by atoms with Crippen LogP contribution in [0.5, 0.6) is 0 Å². The van der Waals surface area contributed by atoms with Crippen LogP contribution in [-0.2, 0) is 5.75 Å². The first kappa shape index (κ1) is 18.9. The van der Waals surface area contributed by atoms with Gasteiger partial charge in [0.15, 0.2) is 0 Å². The predicted octanol–water partition coefficient (Wildman–Crippen LogP) is 4.14. The molecule has 1 fully saturated rings. The molecular weight excluding hydrogens is 370 g/mol. The molecule has 1 saturated heterocycles. The van der Waals surface area contributed by atoms with Gasteiger partial charge in [-0.05, 0) is 48.5 Å². The van der Waals surface area contributed by atoms with Crippen molar-refractivity contribution in [2.24, 2.45) is 5.92 Å². The van der Waals surface area contributed by atoms with Crippen molar-refractivity contribution in [2.45, 2.75) is 23.5 Å². The van der Waals surface area contributed by atoms with Crippen molar-refractivity contribution in [1.82, 2.24) is 5.32 Å². The second kappa shape index (κ2) is 9.19. The van der Waals surface area contributed by atoms with Crippen LogP contribution in [0.1, 0.15) is 39.3 Å². The Morgan fingerprint density at radius 2 is 1.96 bits per heavy atom. The summed E-state index contributed by atoms with van der Waals surface area (Å²) >= 11 is 3.38. The number of carbonyl (C=O) groups is 2. The van der Waals surface area contributed by atoms with Crippen LogP contribution in [0.3, 0.4) is 0 Å². The summed E-state index contributed by atoms with van der Waals surface area (Å²) < 4.78 is 5.27. The molecule has 1 aromatic carbocycles. The van der Waals surface area contributed by atoms with E-state index >= 15 is 0 Å². The highest BCUT2D eigenvalue weighted by atomic mass is 32.2. The van der Waals surface area contributed by atoms with Crippen molar-refractivity contribution in [3.05, 3.63) is 53.5 Å². The van der Waals surface area contributed by atoms with Gasteiger partial charge in [0.1, 0.15) is 11.3 Å². The zero-order valence-corrected chi connectivity index (χ0v) is 15.9. The maximum Gasteiger partial charge on any atom is 0.339 e. The standard InChI is InChI=1S/C19H21NO4S2/c21-18(20-11-13-6-9-25-10-7-13)15-3-1-2-4-17(15)26-12-16-14(19(22)23)5-8-24-16/h1-5,8,13H,6-7,9-12H2,(H,20,21)(H,22,23). The zero-order valence-electron chi connectivity index (χ0n) is 14.3. The van der Waals surface area contributed by atoms with Crippen LogP contribution < -0.4 is 5.32 Å². The number of furan rings is 1. The fourth-order valence-corrected chi connectivity index (χ4v) is 5.05. The predicted molar refractivity (Wildman–Crippen MR) is 104 cm³/mol. The summed E-state index contributed by atoms with van der Waals surface area (Å²) in [5.74, 6) is 2.57. The van der Waals surface area contributed by atoms with Crippen molar-refractivity contribution in [3.63, 3.8) is 0 Å². The molecule has 0 aliphatic carbocycles. The summed E-state index contributed by atoms with van der Waals surface area (Å²) in [5.41, 5.74) is 0.778. The molecule has 0 bridgehead atoms. The largest absolute Gasteiger partial charge is 0.478 e. The van der Waals surface area contributed by atoms with Crippen molar-refractivity contribution in [2.75, 3.05) is 18.1 Å². The molecule has 1 amide bonds. The molecule has 2 aromatic rings. The number of amides is 1. The number of hydrogen-bond acceptors (Lipinski definition) is 5. The van der Waals surface area contributed by atoms with E-state index in [9.17, 15) is 9.59 Å². The SMILES string of the molecule is O=C(NCC1CCSCC1)c1ccccc1SCc1occc1C(=O)O. The first-order valence-electron chi connectivity index (χ1n) is 8.52. The smallest absolute Gasteiger partial charge is 0.339 e. The van der Waals surface area contributed by atoms with E-state index in [0.717, 1.165) is 17.7 Å². The summed E-state index contributed by atoms with van der Waals surface area (Å²) in [6.07, 6.45) is 3.68. The first-order chi connectivity index (χ1) is 12.6. The van der Waals surface area contributed by atoms with Gasteiger partial charge in [0, 0.05) is 11.4 Å². The Kier molecular flexibility index (Phi) is 6.68. The number of aromatic carboxylic acids is 1. The van der Waals surface area contributed by atoms with Gasteiger partial charge in [-0.1, -0.05) is 12.1 Å². The topological polar surface area (TPSA) is 79.5 Å². The van der Waals surface area contributed by atoms with Crippen LogP contribution in [-0.4, -0.2) is 35.0 Å². The molecule has 3 rings (SSSR count). The lowest BCUT2D eigenvalue weighted by Gasteiger charge is -2.21. The van der Waals surface area contributed by atoms with Crippen LogP contribution in [0.25, 0.3) is 0 Å². The molecule has 1 aliphatic heterocycles. The molecule has 2 heterocycles. The summed E-state index contributed by atoms with van der Waals surface area (Å²) in [4.78, 5) is 24.6. The van der Waals surface area contributed by atoms with E-state index in [0.29, 0.717) is 29.5 Å². The Morgan fingerprint density at radius 1 is 1.19 bits per heavy atom. The Balaban J connectivity index is 1.62. The second-order valence-electron chi connectivity index (χ2n) is 6.11. The molecule has 26 heavy (non-hydrogen) atoms. The summed E-state index contributed by atoms with van der Waals surface area (Å²) in [6, 6.07) is 8.83.